The van der Waals surface area contributed by atoms with Crippen molar-refractivity contribution in [1.29, 1.82) is 0 Å². The third kappa shape index (κ3) is 7.06. The van der Waals surface area contributed by atoms with E-state index in [4.69, 9.17) is 9.52 Å². The Hall–Kier alpha value is -2.39. The molecule has 32 heavy (non-hydrogen) atoms. The SMILES string of the molecule is CCNC(=NCc1ccc(CN2CCCC2)cc1)NCc1cc(-c2ccccc2)on1.I. The van der Waals surface area contributed by atoms with Crippen LogP contribution in [0.3, 0.4) is 0 Å². The van der Waals surface area contributed by atoms with Crippen LogP contribution in [-0.2, 0) is 19.6 Å². The van der Waals surface area contributed by atoms with Crippen LogP contribution in [0.25, 0.3) is 11.3 Å². The minimum Gasteiger partial charge on any atom is -0.357 e. The summed E-state index contributed by atoms with van der Waals surface area (Å²) in [5, 5.41) is 10.8. The smallest absolute Gasteiger partial charge is 0.191 e. The highest BCUT2D eigenvalue weighted by molar-refractivity contribution is 14.0. The number of aromatic nitrogens is 1. The van der Waals surface area contributed by atoms with Crippen molar-refractivity contribution < 1.29 is 4.52 Å². The molecule has 1 aliphatic rings. The first kappa shape index (κ1) is 24.3. The summed E-state index contributed by atoms with van der Waals surface area (Å²) >= 11 is 0. The van der Waals surface area contributed by atoms with Crippen LogP contribution in [0.1, 0.15) is 36.6 Å². The van der Waals surface area contributed by atoms with Gasteiger partial charge in [-0.3, -0.25) is 4.90 Å². The van der Waals surface area contributed by atoms with Gasteiger partial charge in [-0.1, -0.05) is 59.8 Å². The fourth-order valence-corrected chi connectivity index (χ4v) is 3.77. The lowest BCUT2D eigenvalue weighted by Gasteiger charge is -2.14. The van der Waals surface area contributed by atoms with Gasteiger partial charge >= 0.3 is 0 Å². The highest BCUT2D eigenvalue weighted by Crippen LogP contribution is 2.19. The molecule has 0 bridgehead atoms. The first-order valence-electron chi connectivity index (χ1n) is 11.1. The maximum absolute atomic E-state index is 5.48. The average Bonchev–Trinajstić information content (AvgIpc) is 3.50. The van der Waals surface area contributed by atoms with Gasteiger partial charge in [0.05, 0.1) is 13.1 Å². The number of guanidine groups is 1. The molecule has 1 saturated heterocycles. The zero-order valence-electron chi connectivity index (χ0n) is 18.6. The van der Waals surface area contributed by atoms with Crippen molar-refractivity contribution in [3.8, 4) is 11.3 Å². The third-order valence-corrected chi connectivity index (χ3v) is 5.45. The number of nitrogens with one attached hydrogen (secondary N) is 2. The van der Waals surface area contributed by atoms with Gasteiger partial charge < -0.3 is 15.2 Å². The number of rotatable bonds is 8. The Bertz CT molecular complexity index is 966. The Morgan fingerprint density at radius 3 is 2.44 bits per heavy atom. The van der Waals surface area contributed by atoms with Crippen molar-refractivity contribution in [2.45, 2.75) is 39.4 Å². The van der Waals surface area contributed by atoms with Gasteiger partial charge in [-0.05, 0) is 44.0 Å². The van der Waals surface area contributed by atoms with Crippen molar-refractivity contribution in [3.05, 3.63) is 77.5 Å². The van der Waals surface area contributed by atoms with Crippen molar-refractivity contribution in [2.24, 2.45) is 4.99 Å². The number of benzene rings is 2. The lowest BCUT2D eigenvalue weighted by molar-refractivity contribution is 0.331. The highest BCUT2D eigenvalue weighted by atomic mass is 127. The number of hydrogen-bond acceptors (Lipinski definition) is 4. The summed E-state index contributed by atoms with van der Waals surface area (Å²) in [6.45, 7) is 7.55. The quantitative estimate of drug-likeness (QED) is 0.242. The van der Waals surface area contributed by atoms with Gasteiger partial charge in [-0.25, -0.2) is 4.99 Å². The van der Waals surface area contributed by atoms with Crippen LogP contribution < -0.4 is 10.6 Å². The number of nitrogens with zero attached hydrogens (tertiary/aromatic N) is 3. The molecule has 2 heterocycles. The van der Waals surface area contributed by atoms with E-state index in [9.17, 15) is 0 Å². The predicted octanol–water partition coefficient (Wildman–Crippen LogP) is 4.81. The number of aliphatic imine (C=N–C) groups is 1. The summed E-state index contributed by atoms with van der Waals surface area (Å²) in [7, 11) is 0. The van der Waals surface area contributed by atoms with E-state index >= 15 is 0 Å². The Kier molecular flexibility index (Phi) is 9.55. The molecule has 170 valence electrons. The van der Waals surface area contributed by atoms with E-state index in [1.54, 1.807) is 0 Å². The maximum atomic E-state index is 5.48. The molecule has 0 saturated carbocycles. The molecule has 1 fully saturated rings. The van der Waals surface area contributed by atoms with E-state index in [1.165, 1.54) is 37.1 Å². The molecule has 0 atom stereocenters. The molecule has 3 aromatic rings. The van der Waals surface area contributed by atoms with Gasteiger partial charge in [0, 0.05) is 24.7 Å². The zero-order valence-corrected chi connectivity index (χ0v) is 20.9. The fraction of sp³-hybridized carbons (Fsp3) is 0.360. The molecule has 1 aromatic heterocycles. The summed E-state index contributed by atoms with van der Waals surface area (Å²) in [4.78, 5) is 7.24. The largest absolute Gasteiger partial charge is 0.357 e. The standard InChI is InChI=1S/C25H31N5O.HI/c1-2-26-25(28-18-23-16-24(31-29-23)22-8-4-3-5-9-22)27-17-20-10-12-21(13-11-20)19-30-14-6-7-15-30;/h3-5,8-13,16H,2,6-7,14-15,17-19H2,1H3,(H2,26,27,28);1H. The molecule has 0 aliphatic carbocycles. The van der Waals surface area contributed by atoms with Crippen LogP contribution in [0.4, 0.5) is 0 Å². The average molecular weight is 545 g/mol. The third-order valence-electron chi connectivity index (χ3n) is 5.45. The van der Waals surface area contributed by atoms with E-state index in [-0.39, 0.29) is 24.0 Å². The van der Waals surface area contributed by atoms with Crippen molar-refractivity contribution >= 4 is 29.9 Å². The van der Waals surface area contributed by atoms with Crippen LogP contribution in [0.2, 0.25) is 0 Å². The molecular formula is C25H32IN5O. The number of hydrogen-bond donors (Lipinski definition) is 2. The first-order valence-corrected chi connectivity index (χ1v) is 11.1. The van der Waals surface area contributed by atoms with E-state index < -0.39 is 0 Å². The van der Waals surface area contributed by atoms with Gasteiger partial charge in [-0.15, -0.1) is 24.0 Å². The van der Waals surface area contributed by atoms with Gasteiger partial charge in [0.2, 0.25) is 0 Å². The number of halogens is 1. The second kappa shape index (κ2) is 12.6. The molecule has 2 aromatic carbocycles. The molecule has 1 aliphatic heterocycles. The van der Waals surface area contributed by atoms with Crippen molar-refractivity contribution in [2.75, 3.05) is 19.6 Å². The minimum atomic E-state index is 0. The van der Waals surface area contributed by atoms with E-state index in [1.807, 2.05) is 36.4 Å². The van der Waals surface area contributed by atoms with Crippen LogP contribution >= 0.6 is 24.0 Å². The lowest BCUT2D eigenvalue weighted by atomic mass is 10.1. The first-order chi connectivity index (χ1) is 15.3. The van der Waals surface area contributed by atoms with Crippen LogP contribution in [0.5, 0.6) is 0 Å². The van der Waals surface area contributed by atoms with E-state index in [2.05, 4.69) is 51.9 Å². The molecule has 7 heteroatoms. The summed E-state index contributed by atoms with van der Waals surface area (Å²) < 4.78 is 5.48. The highest BCUT2D eigenvalue weighted by Gasteiger charge is 2.11. The Morgan fingerprint density at radius 2 is 1.72 bits per heavy atom. The van der Waals surface area contributed by atoms with Gasteiger partial charge in [0.25, 0.3) is 0 Å². The fourth-order valence-electron chi connectivity index (χ4n) is 3.77. The Balaban J connectivity index is 0.00000289. The molecule has 0 spiro atoms. The van der Waals surface area contributed by atoms with Gasteiger partial charge in [0.1, 0.15) is 5.69 Å². The normalized spacial score (nSPS) is 14.2. The molecule has 2 N–H and O–H groups in total. The molecule has 4 rings (SSSR count). The monoisotopic (exact) mass is 545 g/mol. The van der Waals surface area contributed by atoms with Crippen molar-refractivity contribution in [1.82, 2.24) is 20.7 Å². The molecule has 6 nitrogen and oxygen atoms in total. The maximum Gasteiger partial charge on any atom is 0.191 e. The number of likely N-dealkylation sites (tertiary alicyclic amines) is 1. The van der Waals surface area contributed by atoms with Crippen LogP contribution in [0, 0.1) is 0 Å². The summed E-state index contributed by atoms with van der Waals surface area (Å²) in [6, 6.07) is 20.8. The summed E-state index contributed by atoms with van der Waals surface area (Å²) in [5.41, 5.74) is 4.45. The summed E-state index contributed by atoms with van der Waals surface area (Å²) in [5.74, 6) is 1.54. The second-order valence-corrected chi connectivity index (χ2v) is 7.90. The zero-order chi connectivity index (χ0) is 21.3. The molecular weight excluding hydrogens is 513 g/mol. The topological polar surface area (TPSA) is 65.7 Å². The molecule has 0 radical (unpaired) electrons. The van der Waals surface area contributed by atoms with E-state index in [0.29, 0.717) is 13.1 Å². The Labute approximate surface area is 207 Å². The molecule has 0 amide bonds. The summed E-state index contributed by atoms with van der Waals surface area (Å²) in [6.07, 6.45) is 2.66. The Morgan fingerprint density at radius 1 is 1.00 bits per heavy atom. The van der Waals surface area contributed by atoms with Crippen molar-refractivity contribution in [3.63, 3.8) is 0 Å². The van der Waals surface area contributed by atoms with Gasteiger partial charge in [0.15, 0.2) is 11.7 Å². The predicted molar refractivity (Wildman–Crippen MR) is 140 cm³/mol. The minimum absolute atomic E-state index is 0. The lowest BCUT2D eigenvalue weighted by Crippen LogP contribution is -2.36. The van der Waals surface area contributed by atoms with Gasteiger partial charge in [-0.2, -0.15) is 0 Å². The van der Waals surface area contributed by atoms with Crippen LogP contribution in [0.15, 0.2) is 70.2 Å². The second-order valence-electron chi connectivity index (χ2n) is 7.90. The van der Waals surface area contributed by atoms with E-state index in [0.717, 1.165) is 36.1 Å². The van der Waals surface area contributed by atoms with Crippen LogP contribution in [-0.4, -0.2) is 35.7 Å². The molecule has 0 unspecified atom stereocenters.